The van der Waals surface area contributed by atoms with Crippen LogP contribution in [0, 0.1) is 6.92 Å². The van der Waals surface area contributed by atoms with Crippen molar-refractivity contribution in [3.8, 4) is 0 Å². The molecule has 0 fully saturated rings. The monoisotopic (exact) mass is 164 g/mol. The lowest BCUT2D eigenvalue weighted by atomic mass is 10.5. The topological polar surface area (TPSA) is 17.3 Å². The number of rotatable bonds is 2. The summed E-state index contributed by atoms with van der Waals surface area (Å²) in [6.07, 6.45) is 5.49. The molecule has 0 aliphatic heterocycles. The van der Waals surface area contributed by atoms with Gasteiger partial charge in [0.2, 0.25) is 0 Å². The van der Waals surface area contributed by atoms with Crippen molar-refractivity contribution in [2.24, 2.45) is 4.99 Å². The van der Waals surface area contributed by atoms with Gasteiger partial charge in [-0.05, 0) is 25.8 Å². The number of aromatic nitrogens is 1. The second-order valence-electron chi connectivity index (χ2n) is 2.04. The van der Waals surface area contributed by atoms with Gasteiger partial charge in [-0.3, -0.25) is 4.99 Å². The Bertz CT molecular complexity index is 246. The lowest BCUT2D eigenvalue weighted by Crippen LogP contribution is -1.83. The summed E-state index contributed by atoms with van der Waals surface area (Å²) < 4.78 is 1.98. The van der Waals surface area contributed by atoms with Crippen LogP contribution in [-0.4, -0.2) is 11.3 Å². The summed E-state index contributed by atoms with van der Waals surface area (Å²) in [6, 6.07) is 4.02. The minimum atomic E-state index is 1.19. The lowest BCUT2D eigenvalue weighted by Gasteiger charge is -1.93. The third-order valence-corrected chi connectivity index (χ3v) is 1.32. The Morgan fingerprint density at radius 3 is 2.58 bits per heavy atom. The van der Waals surface area contributed by atoms with E-state index in [9.17, 15) is 0 Å². The molecule has 0 aromatic carbocycles. The van der Waals surface area contributed by atoms with Crippen LogP contribution in [0.2, 0.25) is 0 Å². The van der Waals surface area contributed by atoms with Crippen molar-refractivity contribution in [2.75, 3.05) is 0 Å². The molecule has 0 spiro atoms. The van der Waals surface area contributed by atoms with Gasteiger partial charge in [0.15, 0.2) is 0 Å². The van der Waals surface area contributed by atoms with Gasteiger partial charge in [0.05, 0.1) is 0 Å². The Morgan fingerprint density at radius 1 is 1.50 bits per heavy atom. The van der Waals surface area contributed by atoms with Gasteiger partial charge in [-0.25, -0.2) is 0 Å². The fourth-order valence-corrected chi connectivity index (χ4v) is 0.765. The van der Waals surface area contributed by atoms with E-state index in [1.54, 1.807) is 6.20 Å². The van der Waals surface area contributed by atoms with Crippen LogP contribution in [0.5, 0.6) is 0 Å². The fourth-order valence-electron chi connectivity index (χ4n) is 0.765. The van der Waals surface area contributed by atoms with Crippen molar-refractivity contribution in [3.63, 3.8) is 0 Å². The molecule has 0 unspecified atom stereocenters. The Labute approximate surface area is 74.3 Å². The van der Waals surface area contributed by atoms with Crippen LogP contribution in [0.1, 0.15) is 19.5 Å². The Kier molecular flexibility index (Phi) is 5.70. The summed E-state index contributed by atoms with van der Waals surface area (Å²) in [5, 5.41) is 0. The predicted octanol–water partition coefficient (Wildman–Crippen LogP) is 2.95. The van der Waals surface area contributed by atoms with Gasteiger partial charge < -0.3 is 4.57 Å². The van der Waals surface area contributed by atoms with Crippen LogP contribution in [0.15, 0.2) is 29.5 Å². The van der Waals surface area contributed by atoms with E-state index in [0.29, 0.717) is 0 Å². The maximum Gasteiger partial charge on any atom is 0.0426 e. The molecular formula is C10H16N2. The van der Waals surface area contributed by atoms with E-state index in [-0.39, 0.29) is 0 Å². The first kappa shape index (κ1) is 10.7. The van der Waals surface area contributed by atoms with Gasteiger partial charge in [0.25, 0.3) is 0 Å². The minimum absolute atomic E-state index is 1.19. The number of aliphatic imine (C=N–C) groups is 1. The highest BCUT2D eigenvalue weighted by atomic mass is 14.9. The van der Waals surface area contributed by atoms with Crippen molar-refractivity contribution in [1.82, 2.24) is 4.57 Å². The molecule has 1 aromatic heterocycles. The molecule has 1 heterocycles. The standard InChI is InChI=1S/C8H10N2.C2H6/c1-8-4-3-6-10(8)7-5-9-2;1-2/h3-7H,2H2,1H3;1-2H3/b7-5-;. The van der Waals surface area contributed by atoms with Crippen molar-refractivity contribution >= 4 is 12.9 Å². The third-order valence-electron chi connectivity index (χ3n) is 1.32. The molecular weight excluding hydrogens is 148 g/mol. The van der Waals surface area contributed by atoms with E-state index < -0.39 is 0 Å². The van der Waals surface area contributed by atoms with Crippen molar-refractivity contribution in [2.45, 2.75) is 20.8 Å². The maximum atomic E-state index is 3.60. The average Bonchev–Trinajstić information content (AvgIpc) is 2.51. The zero-order chi connectivity index (χ0) is 9.40. The van der Waals surface area contributed by atoms with Gasteiger partial charge >= 0.3 is 0 Å². The molecule has 1 aromatic rings. The second kappa shape index (κ2) is 6.40. The van der Waals surface area contributed by atoms with Crippen LogP contribution in [0.3, 0.4) is 0 Å². The summed E-state index contributed by atoms with van der Waals surface area (Å²) >= 11 is 0. The molecule has 0 saturated heterocycles. The van der Waals surface area contributed by atoms with Gasteiger partial charge in [-0.2, -0.15) is 0 Å². The zero-order valence-corrected chi connectivity index (χ0v) is 7.99. The Hall–Kier alpha value is -1.31. The highest BCUT2D eigenvalue weighted by molar-refractivity contribution is 5.32. The molecule has 0 aliphatic carbocycles. The molecule has 0 atom stereocenters. The fraction of sp³-hybridized carbons (Fsp3) is 0.300. The molecule has 2 nitrogen and oxygen atoms in total. The van der Waals surface area contributed by atoms with Crippen LogP contribution in [0.4, 0.5) is 0 Å². The molecule has 66 valence electrons. The highest BCUT2D eigenvalue weighted by Crippen LogP contribution is 1.99. The van der Waals surface area contributed by atoms with Gasteiger partial charge in [-0.15, -0.1) is 0 Å². The first-order valence-electron chi connectivity index (χ1n) is 4.10. The van der Waals surface area contributed by atoms with E-state index in [1.165, 1.54) is 5.69 Å². The summed E-state index contributed by atoms with van der Waals surface area (Å²) in [5.41, 5.74) is 1.19. The minimum Gasteiger partial charge on any atom is -0.326 e. The summed E-state index contributed by atoms with van der Waals surface area (Å²) in [5.74, 6) is 0. The van der Waals surface area contributed by atoms with E-state index >= 15 is 0 Å². The Balaban J connectivity index is 0.000000561. The van der Waals surface area contributed by atoms with E-state index in [2.05, 4.69) is 11.7 Å². The van der Waals surface area contributed by atoms with Crippen molar-refractivity contribution in [1.29, 1.82) is 0 Å². The second-order valence-corrected chi connectivity index (χ2v) is 2.04. The first-order chi connectivity index (χ1) is 5.84. The summed E-state index contributed by atoms with van der Waals surface area (Å²) in [7, 11) is 0. The van der Waals surface area contributed by atoms with E-state index in [0.717, 1.165) is 0 Å². The van der Waals surface area contributed by atoms with Crippen molar-refractivity contribution in [3.05, 3.63) is 30.2 Å². The number of nitrogens with zero attached hydrogens (tertiary/aromatic N) is 2. The van der Waals surface area contributed by atoms with Crippen LogP contribution in [0.25, 0.3) is 6.20 Å². The molecule has 0 amide bonds. The summed E-state index contributed by atoms with van der Waals surface area (Å²) in [6.45, 7) is 9.37. The van der Waals surface area contributed by atoms with Crippen LogP contribution < -0.4 is 0 Å². The molecule has 0 aliphatic rings. The van der Waals surface area contributed by atoms with E-state index in [4.69, 9.17) is 0 Å². The van der Waals surface area contributed by atoms with Crippen LogP contribution >= 0.6 is 0 Å². The van der Waals surface area contributed by atoms with Gasteiger partial charge in [-0.1, -0.05) is 13.8 Å². The SMILES string of the molecule is C=N/C=C\n1cccc1C.CC. The highest BCUT2D eigenvalue weighted by Gasteiger charge is 1.86. The summed E-state index contributed by atoms with van der Waals surface area (Å²) in [4.78, 5) is 3.60. The van der Waals surface area contributed by atoms with Crippen molar-refractivity contribution < 1.29 is 0 Å². The van der Waals surface area contributed by atoms with Gasteiger partial charge in [0, 0.05) is 24.3 Å². The Morgan fingerprint density at radius 2 is 2.17 bits per heavy atom. The first-order valence-corrected chi connectivity index (χ1v) is 4.10. The number of hydrogen-bond acceptors (Lipinski definition) is 1. The zero-order valence-electron chi connectivity index (χ0n) is 7.99. The molecule has 0 radical (unpaired) electrons. The molecule has 12 heavy (non-hydrogen) atoms. The van der Waals surface area contributed by atoms with Crippen LogP contribution in [-0.2, 0) is 0 Å². The molecule has 2 heteroatoms. The average molecular weight is 164 g/mol. The predicted molar refractivity (Wildman–Crippen MR) is 55.4 cm³/mol. The normalized spacial score (nSPS) is 9.25. The molecule has 0 saturated carbocycles. The largest absolute Gasteiger partial charge is 0.326 e. The maximum absolute atomic E-state index is 3.60. The molecule has 1 rings (SSSR count). The third kappa shape index (κ3) is 3.19. The molecule has 0 N–H and O–H groups in total. The van der Waals surface area contributed by atoms with E-state index in [1.807, 2.05) is 49.9 Å². The smallest absolute Gasteiger partial charge is 0.0426 e. The quantitative estimate of drug-likeness (QED) is 0.598. The number of hydrogen-bond donors (Lipinski definition) is 0. The van der Waals surface area contributed by atoms with Gasteiger partial charge in [0.1, 0.15) is 0 Å². The molecule has 0 bridgehead atoms. The number of aryl methyl sites for hydroxylation is 1. The lowest BCUT2D eigenvalue weighted by molar-refractivity contribution is 1.08.